The molecular weight excluding hydrogens is 381 g/mol. The van der Waals surface area contributed by atoms with E-state index in [1.165, 1.54) is 24.4 Å². The van der Waals surface area contributed by atoms with Crippen molar-refractivity contribution >= 4 is 34.1 Å². The number of hydrogen-bond donors (Lipinski definition) is 2. The molecule has 0 radical (unpaired) electrons. The summed E-state index contributed by atoms with van der Waals surface area (Å²) in [5.41, 5.74) is 12.5. The Hall–Kier alpha value is -3.26. The van der Waals surface area contributed by atoms with Gasteiger partial charge in [-0.3, -0.25) is 4.98 Å². The minimum absolute atomic E-state index is 0.0537. The van der Waals surface area contributed by atoms with Crippen molar-refractivity contribution in [2.75, 3.05) is 11.5 Å². The number of pyridine rings is 2. The minimum atomic E-state index is -1.03. The molecule has 27 heavy (non-hydrogen) atoms. The van der Waals surface area contributed by atoms with Crippen molar-refractivity contribution in [1.29, 1.82) is 0 Å². The molecule has 0 aliphatic carbocycles. The fourth-order valence-electron chi connectivity index (χ4n) is 2.86. The fraction of sp³-hybridized carbons (Fsp3) is 0. The maximum Gasteiger partial charge on any atom is 0.216 e. The third-order valence-corrected chi connectivity index (χ3v) is 4.27. The van der Waals surface area contributed by atoms with Crippen molar-refractivity contribution in [3.05, 3.63) is 59.3 Å². The van der Waals surface area contributed by atoms with Gasteiger partial charge in [0.15, 0.2) is 5.58 Å². The number of benzene rings is 1. The lowest BCUT2D eigenvalue weighted by molar-refractivity contribution is 0.513. The zero-order chi connectivity index (χ0) is 19.3. The van der Waals surface area contributed by atoms with Gasteiger partial charge in [-0.2, -0.15) is 13.8 Å². The molecule has 0 atom stereocenters. The molecule has 0 aliphatic rings. The summed E-state index contributed by atoms with van der Waals surface area (Å²) in [4.78, 5) is 7.23. The smallest absolute Gasteiger partial charge is 0.216 e. The van der Waals surface area contributed by atoms with Crippen molar-refractivity contribution in [3.8, 4) is 22.4 Å². The average molecular weight is 391 g/mol. The van der Waals surface area contributed by atoms with Gasteiger partial charge in [0.1, 0.15) is 17.2 Å². The first-order valence-corrected chi connectivity index (χ1v) is 7.98. The zero-order valence-electron chi connectivity index (χ0n) is 13.4. The van der Waals surface area contributed by atoms with Gasteiger partial charge in [0, 0.05) is 40.0 Å². The second-order valence-electron chi connectivity index (χ2n) is 5.73. The summed E-state index contributed by atoms with van der Waals surface area (Å²) in [5.74, 6) is -2.75. The van der Waals surface area contributed by atoms with Crippen LogP contribution in [0.25, 0.3) is 33.4 Å². The monoisotopic (exact) mass is 390 g/mol. The summed E-state index contributed by atoms with van der Waals surface area (Å²) < 4.78 is 46.9. The number of anilines is 2. The van der Waals surface area contributed by atoms with Crippen LogP contribution in [0.15, 0.2) is 40.9 Å². The van der Waals surface area contributed by atoms with E-state index in [9.17, 15) is 13.2 Å². The number of halogens is 4. The van der Waals surface area contributed by atoms with Gasteiger partial charge in [-0.1, -0.05) is 11.6 Å². The summed E-state index contributed by atoms with van der Waals surface area (Å²) in [7, 11) is 0. The molecule has 4 N–H and O–H groups in total. The molecule has 4 aromatic rings. The Balaban J connectivity index is 2.06. The standard InChI is InChI=1S/C18H10ClF3N4O/c19-8-1-2-11(20)9(5-8)10-6-25-16(7-3-12(21)26-13(22)4-7)17-14(10)15(23)18(24)27-17/h1-6H,23-24H2. The number of fused-ring (bicyclic) bond motifs is 1. The first-order chi connectivity index (χ1) is 12.8. The van der Waals surface area contributed by atoms with Gasteiger partial charge in [-0.05, 0) is 18.2 Å². The van der Waals surface area contributed by atoms with Gasteiger partial charge in [0.2, 0.25) is 17.8 Å². The Labute approximate surface area is 155 Å². The molecule has 0 spiro atoms. The highest BCUT2D eigenvalue weighted by molar-refractivity contribution is 6.31. The van der Waals surface area contributed by atoms with E-state index in [2.05, 4.69) is 9.97 Å². The van der Waals surface area contributed by atoms with Crippen molar-refractivity contribution in [3.63, 3.8) is 0 Å². The highest BCUT2D eigenvalue weighted by Gasteiger charge is 2.22. The van der Waals surface area contributed by atoms with Crippen LogP contribution in [0.4, 0.5) is 24.7 Å². The fourth-order valence-corrected chi connectivity index (χ4v) is 3.04. The van der Waals surface area contributed by atoms with Crippen LogP contribution in [0.5, 0.6) is 0 Å². The maximum absolute atomic E-state index is 14.4. The van der Waals surface area contributed by atoms with E-state index in [1.807, 2.05) is 0 Å². The topological polar surface area (TPSA) is 91.0 Å². The Morgan fingerprint density at radius 3 is 2.37 bits per heavy atom. The molecular formula is C18H10ClF3N4O. The predicted octanol–water partition coefficient (Wildman–Crippen LogP) is 4.79. The molecule has 5 nitrogen and oxygen atoms in total. The van der Waals surface area contributed by atoms with Crippen molar-refractivity contribution in [2.24, 2.45) is 0 Å². The van der Waals surface area contributed by atoms with Crippen molar-refractivity contribution < 1.29 is 17.6 Å². The van der Waals surface area contributed by atoms with E-state index in [4.69, 9.17) is 27.5 Å². The summed E-state index contributed by atoms with van der Waals surface area (Å²) in [5, 5.41) is 0.563. The molecule has 4 rings (SSSR count). The Kier molecular flexibility index (Phi) is 3.92. The highest BCUT2D eigenvalue weighted by Crippen LogP contribution is 2.42. The number of nitrogens with zero attached hydrogens (tertiary/aromatic N) is 2. The third kappa shape index (κ3) is 2.83. The summed E-state index contributed by atoms with van der Waals surface area (Å²) in [6.45, 7) is 0. The van der Waals surface area contributed by atoms with Crippen molar-refractivity contribution in [1.82, 2.24) is 9.97 Å². The lowest BCUT2D eigenvalue weighted by Crippen LogP contribution is -1.95. The van der Waals surface area contributed by atoms with Crippen LogP contribution in [-0.2, 0) is 0 Å². The molecule has 3 heterocycles. The van der Waals surface area contributed by atoms with E-state index < -0.39 is 17.7 Å². The molecule has 0 unspecified atom stereocenters. The van der Waals surface area contributed by atoms with E-state index in [0.29, 0.717) is 5.02 Å². The zero-order valence-corrected chi connectivity index (χ0v) is 14.2. The van der Waals surface area contributed by atoms with Crippen LogP contribution in [0, 0.1) is 17.7 Å². The van der Waals surface area contributed by atoms with E-state index in [0.717, 1.165) is 12.1 Å². The molecule has 136 valence electrons. The summed E-state index contributed by atoms with van der Waals surface area (Å²) in [6, 6.07) is 5.97. The second-order valence-corrected chi connectivity index (χ2v) is 6.17. The van der Waals surface area contributed by atoms with E-state index in [-0.39, 0.29) is 44.9 Å². The van der Waals surface area contributed by atoms with E-state index in [1.54, 1.807) is 0 Å². The number of nitrogen functional groups attached to an aromatic ring is 2. The molecule has 0 aliphatic heterocycles. The van der Waals surface area contributed by atoms with E-state index >= 15 is 0 Å². The number of hydrogen-bond acceptors (Lipinski definition) is 5. The molecule has 0 saturated heterocycles. The Morgan fingerprint density at radius 2 is 1.67 bits per heavy atom. The lowest BCUT2D eigenvalue weighted by atomic mass is 10.0. The number of nitrogens with two attached hydrogens (primary N) is 2. The van der Waals surface area contributed by atoms with Crippen LogP contribution >= 0.6 is 11.6 Å². The number of rotatable bonds is 2. The van der Waals surface area contributed by atoms with Gasteiger partial charge >= 0.3 is 0 Å². The molecule has 0 bridgehead atoms. The van der Waals surface area contributed by atoms with Crippen LogP contribution in [0.2, 0.25) is 5.02 Å². The minimum Gasteiger partial charge on any atom is -0.436 e. The molecule has 0 fully saturated rings. The number of furan rings is 1. The highest BCUT2D eigenvalue weighted by atomic mass is 35.5. The average Bonchev–Trinajstić information content (AvgIpc) is 2.91. The SMILES string of the molecule is Nc1oc2c(-c3cc(F)nc(F)c3)ncc(-c3cc(Cl)ccc3F)c2c1N. The molecule has 0 amide bonds. The second kappa shape index (κ2) is 6.17. The molecule has 9 heteroatoms. The van der Waals surface area contributed by atoms with Gasteiger partial charge in [0.25, 0.3) is 0 Å². The summed E-state index contributed by atoms with van der Waals surface area (Å²) in [6.07, 6.45) is 1.31. The summed E-state index contributed by atoms with van der Waals surface area (Å²) >= 11 is 5.97. The van der Waals surface area contributed by atoms with Gasteiger partial charge < -0.3 is 15.9 Å². The molecule has 0 saturated carbocycles. The lowest BCUT2D eigenvalue weighted by Gasteiger charge is -2.09. The Morgan fingerprint density at radius 1 is 0.963 bits per heavy atom. The predicted molar refractivity (Wildman–Crippen MR) is 96.4 cm³/mol. The molecule has 1 aromatic carbocycles. The van der Waals surface area contributed by atoms with Gasteiger partial charge in [0.05, 0.1) is 5.39 Å². The van der Waals surface area contributed by atoms with Gasteiger partial charge in [-0.25, -0.2) is 4.39 Å². The van der Waals surface area contributed by atoms with Crippen LogP contribution in [-0.4, -0.2) is 9.97 Å². The van der Waals surface area contributed by atoms with Gasteiger partial charge in [-0.15, -0.1) is 0 Å². The number of aromatic nitrogens is 2. The Bertz CT molecular complexity index is 1190. The first kappa shape index (κ1) is 17.2. The first-order valence-electron chi connectivity index (χ1n) is 7.60. The largest absolute Gasteiger partial charge is 0.436 e. The van der Waals surface area contributed by atoms with Crippen LogP contribution < -0.4 is 11.5 Å². The quantitative estimate of drug-likeness (QED) is 0.480. The molecule has 3 aromatic heterocycles. The van der Waals surface area contributed by atoms with Crippen LogP contribution in [0.3, 0.4) is 0 Å². The third-order valence-electron chi connectivity index (χ3n) is 4.04. The van der Waals surface area contributed by atoms with Crippen molar-refractivity contribution in [2.45, 2.75) is 0 Å². The normalized spacial score (nSPS) is 11.3. The van der Waals surface area contributed by atoms with Crippen LogP contribution in [0.1, 0.15) is 0 Å². The maximum atomic E-state index is 14.4.